The van der Waals surface area contributed by atoms with E-state index in [0.29, 0.717) is 29.4 Å². The van der Waals surface area contributed by atoms with Gasteiger partial charge in [0.25, 0.3) is 0 Å². The molecule has 196 valence electrons. The molecule has 0 saturated carbocycles. The molecule has 1 N–H and O–H groups in total. The van der Waals surface area contributed by atoms with E-state index in [1.165, 1.54) is 6.20 Å². The molecule has 1 aliphatic heterocycles. The Hall–Kier alpha value is -3.78. The molecule has 0 fully saturated rings. The van der Waals surface area contributed by atoms with Gasteiger partial charge in [0.1, 0.15) is 18.2 Å². The highest BCUT2D eigenvalue weighted by molar-refractivity contribution is 6.30. The average molecular weight is 540 g/mol. The third-order valence-electron chi connectivity index (χ3n) is 6.62. The van der Waals surface area contributed by atoms with Gasteiger partial charge in [0.15, 0.2) is 11.8 Å². The van der Waals surface area contributed by atoms with Gasteiger partial charge in [-0.1, -0.05) is 66.2 Å². The van der Waals surface area contributed by atoms with Gasteiger partial charge in [0.2, 0.25) is 0 Å². The van der Waals surface area contributed by atoms with Crippen molar-refractivity contribution in [2.75, 3.05) is 5.32 Å². The standard InChI is InChI=1S/C29H25ClF3N3O2/c30-22-11-9-21(10-12-22)25-16-27(29(31,32)33)36-28(35-25)24(17-34-36)26(37)15-8-19-6-13-23(14-7-19)38-18-20-4-2-1-3-5-20/h1-7,9-14,17,25,27,35H,8,15-16,18H2. The van der Waals surface area contributed by atoms with Gasteiger partial charge in [0.05, 0.1) is 17.8 Å². The molecule has 3 aromatic carbocycles. The second-order valence-electron chi connectivity index (χ2n) is 9.23. The van der Waals surface area contributed by atoms with E-state index in [9.17, 15) is 18.0 Å². The molecule has 2 unspecified atom stereocenters. The smallest absolute Gasteiger partial charge is 0.410 e. The Labute approximate surface area is 223 Å². The number of carbonyl (C=O) groups excluding carboxylic acids is 1. The van der Waals surface area contributed by atoms with Crippen molar-refractivity contribution in [2.24, 2.45) is 0 Å². The fourth-order valence-electron chi connectivity index (χ4n) is 4.57. The molecule has 2 atom stereocenters. The minimum absolute atomic E-state index is 0.0909. The molecule has 0 radical (unpaired) electrons. The van der Waals surface area contributed by atoms with Crippen LogP contribution >= 0.6 is 11.6 Å². The second kappa shape index (κ2) is 10.9. The molecular weight excluding hydrogens is 515 g/mol. The lowest BCUT2D eigenvalue weighted by atomic mass is 9.96. The molecule has 5 nitrogen and oxygen atoms in total. The van der Waals surface area contributed by atoms with E-state index in [4.69, 9.17) is 16.3 Å². The van der Waals surface area contributed by atoms with Gasteiger partial charge < -0.3 is 10.1 Å². The van der Waals surface area contributed by atoms with Crippen LogP contribution in [0.25, 0.3) is 0 Å². The van der Waals surface area contributed by atoms with Crippen LogP contribution in [-0.2, 0) is 13.0 Å². The number of hydrogen-bond acceptors (Lipinski definition) is 4. The molecule has 1 aliphatic rings. The summed E-state index contributed by atoms with van der Waals surface area (Å²) in [6.07, 6.45) is -2.96. The van der Waals surface area contributed by atoms with Crippen molar-refractivity contribution >= 4 is 23.2 Å². The molecule has 0 saturated heterocycles. The van der Waals surface area contributed by atoms with Crippen LogP contribution in [0.4, 0.5) is 19.0 Å². The monoisotopic (exact) mass is 539 g/mol. The maximum absolute atomic E-state index is 13.9. The summed E-state index contributed by atoms with van der Waals surface area (Å²) >= 11 is 5.95. The first-order valence-electron chi connectivity index (χ1n) is 12.2. The number of halogens is 4. The Morgan fingerprint density at radius 1 is 1.00 bits per heavy atom. The van der Waals surface area contributed by atoms with Crippen LogP contribution in [-0.4, -0.2) is 21.7 Å². The number of fused-ring (bicyclic) bond motifs is 1. The molecule has 5 rings (SSSR count). The van der Waals surface area contributed by atoms with Crippen molar-refractivity contribution in [3.05, 3.63) is 112 Å². The molecule has 9 heteroatoms. The van der Waals surface area contributed by atoms with E-state index >= 15 is 0 Å². The van der Waals surface area contributed by atoms with Gasteiger partial charge in [-0.25, -0.2) is 4.68 Å². The van der Waals surface area contributed by atoms with Crippen LogP contribution in [0.1, 0.15) is 52.0 Å². The van der Waals surface area contributed by atoms with E-state index in [1.54, 1.807) is 24.3 Å². The van der Waals surface area contributed by atoms with E-state index in [0.717, 1.165) is 15.8 Å². The number of nitrogens with zero attached hydrogens (tertiary/aromatic N) is 2. The Morgan fingerprint density at radius 3 is 2.39 bits per heavy atom. The number of aromatic nitrogens is 2. The number of hydrogen-bond donors (Lipinski definition) is 1. The summed E-state index contributed by atoms with van der Waals surface area (Å²) < 4.78 is 48.5. The first kappa shape index (κ1) is 25.9. The van der Waals surface area contributed by atoms with E-state index in [-0.39, 0.29) is 30.0 Å². The Balaban J connectivity index is 1.27. The number of nitrogens with one attached hydrogen (secondary N) is 1. The highest BCUT2D eigenvalue weighted by atomic mass is 35.5. The number of benzene rings is 3. The normalized spacial score (nSPS) is 16.9. The summed E-state index contributed by atoms with van der Waals surface area (Å²) in [7, 11) is 0. The lowest BCUT2D eigenvalue weighted by Gasteiger charge is -2.34. The third kappa shape index (κ3) is 5.86. The summed E-state index contributed by atoms with van der Waals surface area (Å²) in [5.74, 6) is 0.527. The zero-order valence-electron chi connectivity index (χ0n) is 20.3. The van der Waals surface area contributed by atoms with Crippen LogP contribution < -0.4 is 10.1 Å². The Kier molecular flexibility index (Phi) is 7.42. The number of aryl methyl sites for hydroxylation is 1. The predicted octanol–water partition coefficient (Wildman–Crippen LogP) is 7.59. The first-order valence-corrected chi connectivity index (χ1v) is 12.6. The Bertz CT molecular complexity index is 1390. The highest BCUT2D eigenvalue weighted by Crippen LogP contribution is 2.44. The van der Waals surface area contributed by atoms with Crippen LogP contribution in [0.3, 0.4) is 0 Å². The topological polar surface area (TPSA) is 56.1 Å². The first-order chi connectivity index (χ1) is 18.3. The van der Waals surface area contributed by atoms with Crippen LogP contribution in [0.5, 0.6) is 5.75 Å². The molecule has 0 bridgehead atoms. The second-order valence-corrected chi connectivity index (χ2v) is 9.67. The average Bonchev–Trinajstić information content (AvgIpc) is 3.35. The third-order valence-corrected chi connectivity index (χ3v) is 6.88. The van der Waals surface area contributed by atoms with E-state index < -0.39 is 18.3 Å². The number of carbonyl (C=O) groups is 1. The molecular formula is C29H25ClF3N3O2. The number of ether oxygens (including phenoxy) is 1. The fourth-order valence-corrected chi connectivity index (χ4v) is 4.69. The van der Waals surface area contributed by atoms with Crippen molar-refractivity contribution in [2.45, 2.75) is 44.1 Å². The summed E-state index contributed by atoms with van der Waals surface area (Å²) in [5, 5.41) is 7.57. The van der Waals surface area contributed by atoms with Gasteiger partial charge >= 0.3 is 6.18 Å². The fraction of sp³-hybridized carbons (Fsp3) is 0.241. The van der Waals surface area contributed by atoms with Crippen molar-refractivity contribution in [3.63, 3.8) is 0 Å². The Morgan fingerprint density at radius 2 is 1.71 bits per heavy atom. The van der Waals surface area contributed by atoms with Gasteiger partial charge in [0, 0.05) is 17.9 Å². The minimum Gasteiger partial charge on any atom is -0.489 e. The maximum atomic E-state index is 13.9. The molecule has 0 aliphatic carbocycles. The predicted molar refractivity (Wildman–Crippen MR) is 140 cm³/mol. The molecule has 0 spiro atoms. The molecule has 4 aromatic rings. The molecule has 38 heavy (non-hydrogen) atoms. The summed E-state index contributed by atoms with van der Waals surface area (Å²) in [5.41, 5.74) is 2.79. The van der Waals surface area contributed by atoms with E-state index in [1.807, 2.05) is 54.6 Å². The van der Waals surface area contributed by atoms with Crippen molar-refractivity contribution in [1.29, 1.82) is 0 Å². The number of alkyl halides is 3. The lowest BCUT2D eigenvalue weighted by molar-refractivity contribution is -0.173. The summed E-state index contributed by atoms with van der Waals surface area (Å²) in [6, 6.07) is 21.4. The van der Waals surface area contributed by atoms with Gasteiger partial charge in [-0.15, -0.1) is 0 Å². The SMILES string of the molecule is O=C(CCc1ccc(OCc2ccccc2)cc1)c1cnn2c1NC(c1ccc(Cl)cc1)CC2C(F)(F)F. The van der Waals surface area contributed by atoms with Crippen LogP contribution in [0.2, 0.25) is 5.02 Å². The van der Waals surface area contributed by atoms with Crippen molar-refractivity contribution in [3.8, 4) is 5.75 Å². The lowest BCUT2D eigenvalue weighted by Crippen LogP contribution is -2.36. The number of Topliss-reactive ketones (excluding diaryl/α,β-unsaturated/α-hetero) is 1. The summed E-state index contributed by atoms with van der Waals surface area (Å²) in [4.78, 5) is 13.1. The number of ketones is 1. The van der Waals surface area contributed by atoms with Gasteiger partial charge in [-0.2, -0.15) is 18.3 Å². The summed E-state index contributed by atoms with van der Waals surface area (Å²) in [6.45, 7) is 0.453. The van der Waals surface area contributed by atoms with Gasteiger partial charge in [-0.3, -0.25) is 4.79 Å². The molecule has 1 aromatic heterocycles. The highest BCUT2D eigenvalue weighted by Gasteiger charge is 2.47. The van der Waals surface area contributed by atoms with Crippen molar-refractivity contribution in [1.82, 2.24) is 9.78 Å². The molecule has 0 amide bonds. The van der Waals surface area contributed by atoms with Crippen LogP contribution in [0, 0.1) is 0 Å². The van der Waals surface area contributed by atoms with Crippen LogP contribution in [0.15, 0.2) is 85.1 Å². The zero-order valence-corrected chi connectivity index (χ0v) is 21.0. The zero-order chi connectivity index (χ0) is 26.7. The quantitative estimate of drug-likeness (QED) is 0.234. The van der Waals surface area contributed by atoms with E-state index in [2.05, 4.69) is 10.4 Å². The largest absolute Gasteiger partial charge is 0.489 e. The minimum atomic E-state index is -4.52. The number of anilines is 1. The van der Waals surface area contributed by atoms with Crippen molar-refractivity contribution < 1.29 is 22.7 Å². The molecule has 2 heterocycles. The maximum Gasteiger partial charge on any atom is 0.410 e. The van der Waals surface area contributed by atoms with Gasteiger partial charge in [-0.05, 0) is 47.4 Å². The number of rotatable bonds is 8.